The summed E-state index contributed by atoms with van der Waals surface area (Å²) in [7, 11) is -3.86. The lowest BCUT2D eigenvalue weighted by atomic mass is 10.3. The van der Waals surface area contributed by atoms with E-state index in [1.54, 1.807) is 0 Å². The van der Waals surface area contributed by atoms with Crippen LogP contribution >= 0.6 is 0 Å². The second-order valence-electron chi connectivity index (χ2n) is 3.50. The van der Waals surface area contributed by atoms with Crippen LogP contribution in [0.25, 0.3) is 0 Å². The number of unbranched alkanes of at least 4 members (excludes halogenated alkanes) is 1. The lowest BCUT2D eigenvalue weighted by Crippen LogP contribution is -2.42. The SMILES string of the molecule is CCCCN(CCO)S(=O)(=O)C(C)C(=O)O. The van der Waals surface area contributed by atoms with E-state index >= 15 is 0 Å². The molecular weight excluding hydrogens is 234 g/mol. The predicted octanol–water partition coefficient (Wildman–Crippen LogP) is -0.116. The Labute approximate surface area is 95.9 Å². The van der Waals surface area contributed by atoms with Crippen LogP contribution in [-0.2, 0) is 14.8 Å². The number of sulfonamides is 1. The number of rotatable bonds is 8. The van der Waals surface area contributed by atoms with E-state index in [0.29, 0.717) is 6.42 Å². The highest BCUT2D eigenvalue weighted by atomic mass is 32.2. The summed E-state index contributed by atoms with van der Waals surface area (Å²) < 4.78 is 24.6. The highest BCUT2D eigenvalue weighted by Crippen LogP contribution is 2.10. The fourth-order valence-corrected chi connectivity index (χ4v) is 2.59. The van der Waals surface area contributed by atoms with Crippen LogP contribution in [0.2, 0.25) is 0 Å². The van der Waals surface area contributed by atoms with Gasteiger partial charge in [0.25, 0.3) is 0 Å². The fraction of sp³-hybridized carbons (Fsp3) is 0.889. The van der Waals surface area contributed by atoms with Crippen molar-refractivity contribution in [1.82, 2.24) is 4.31 Å². The number of aliphatic hydroxyl groups is 1. The third kappa shape index (κ3) is 4.07. The Morgan fingerprint density at radius 3 is 2.31 bits per heavy atom. The number of aliphatic hydroxyl groups excluding tert-OH is 1. The van der Waals surface area contributed by atoms with Crippen molar-refractivity contribution in [1.29, 1.82) is 0 Å². The minimum atomic E-state index is -3.86. The number of carbonyl (C=O) groups is 1. The molecule has 2 N–H and O–H groups in total. The van der Waals surface area contributed by atoms with Crippen molar-refractivity contribution in [2.24, 2.45) is 0 Å². The Kier molecular flexibility index (Phi) is 6.54. The Morgan fingerprint density at radius 1 is 1.38 bits per heavy atom. The Hall–Kier alpha value is -0.660. The maximum absolute atomic E-state index is 11.8. The number of carboxylic acids is 1. The second-order valence-corrected chi connectivity index (χ2v) is 5.76. The van der Waals surface area contributed by atoms with E-state index < -0.39 is 21.2 Å². The highest BCUT2D eigenvalue weighted by molar-refractivity contribution is 7.90. The zero-order chi connectivity index (χ0) is 12.8. The van der Waals surface area contributed by atoms with Crippen LogP contribution < -0.4 is 0 Å². The Morgan fingerprint density at radius 2 is 1.94 bits per heavy atom. The number of aliphatic carboxylic acids is 1. The highest BCUT2D eigenvalue weighted by Gasteiger charge is 2.33. The molecule has 0 aromatic heterocycles. The van der Waals surface area contributed by atoms with Crippen molar-refractivity contribution in [3.05, 3.63) is 0 Å². The molecule has 0 heterocycles. The van der Waals surface area contributed by atoms with E-state index in [9.17, 15) is 13.2 Å². The third-order valence-electron chi connectivity index (χ3n) is 2.26. The van der Waals surface area contributed by atoms with Crippen LogP contribution in [-0.4, -0.2) is 53.9 Å². The molecule has 0 aromatic carbocycles. The van der Waals surface area contributed by atoms with Gasteiger partial charge in [-0.05, 0) is 13.3 Å². The summed E-state index contributed by atoms with van der Waals surface area (Å²) in [6.07, 6.45) is 1.45. The van der Waals surface area contributed by atoms with Gasteiger partial charge in [-0.25, -0.2) is 8.42 Å². The van der Waals surface area contributed by atoms with E-state index in [-0.39, 0.29) is 19.7 Å². The van der Waals surface area contributed by atoms with Gasteiger partial charge < -0.3 is 10.2 Å². The summed E-state index contributed by atoms with van der Waals surface area (Å²) in [5.41, 5.74) is 0. The van der Waals surface area contributed by atoms with Gasteiger partial charge in [0, 0.05) is 13.1 Å². The summed E-state index contributed by atoms with van der Waals surface area (Å²) in [6.45, 7) is 2.92. The molecule has 96 valence electrons. The maximum Gasteiger partial charge on any atom is 0.323 e. The molecular formula is C9H19NO5S. The first-order valence-corrected chi connectivity index (χ1v) is 6.70. The van der Waals surface area contributed by atoms with Crippen molar-refractivity contribution in [3.63, 3.8) is 0 Å². The summed E-state index contributed by atoms with van der Waals surface area (Å²) in [5, 5.41) is 16.0. The van der Waals surface area contributed by atoms with Crippen LogP contribution in [0.15, 0.2) is 0 Å². The first-order valence-electron chi connectivity index (χ1n) is 5.20. The van der Waals surface area contributed by atoms with Crippen LogP contribution in [0.4, 0.5) is 0 Å². The monoisotopic (exact) mass is 253 g/mol. The number of nitrogens with zero attached hydrogens (tertiary/aromatic N) is 1. The molecule has 0 aromatic rings. The van der Waals surface area contributed by atoms with Gasteiger partial charge in [0.05, 0.1) is 6.61 Å². The smallest absolute Gasteiger partial charge is 0.323 e. The number of hydrogen-bond acceptors (Lipinski definition) is 4. The van der Waals surface area contributed by atoms with Gasteiger partial charge in [-0.15, -0.1) is 0 Å². The van der Waals surface area contributed by atoms with Gasteiger partial charge in [-0.3, -0.25) is 4.79 Å². The van der Waals surface area contributed by atoms with Crippen LogP contribution in [0, 0.1) is 0 Å². The Bertz CT molecular complexity index is 314. The topological polar surface area (TPSA) is 94.9 Å². The molecule has 1 unspecified atom stereocenters. The van der Waals surface area contributed by atoms with Crippen molar-refractivity contribution < 1.29 is 23.4 Å². The van der Waals surface area contributed by atoms with E-state index in [2.05, 4.69) is 0 Å². The molecule has 0 saturated carbocycles. The predicted molar refractivity (Wildman–Crippen MR) is 59.6 cm³/mol. The van der Waals surface area contributed by atoms with E-state index in [4.69, 9.17) is 10.2 Å². The molecule has 0 radical (unpaired) electrons. The minimum absolute atomic E-state index is 0.0556. The van der Waals surface area contributed by atoms with Crippen LogP contribution in [0.3, 0.4) is 0 Å². The minimum Gasteiger partial charge on any atom is -0.480 e. The van der Waals surface area contributed by atoms with E-state index in [1.807, 2.05) is 6.92 Å². The largest absolute Gasteiger partial charge is 0.480 e. The molecule has 0 aliphatic heterocycles. The van der Waals surface area contributed by atoms with Gasteiger partial charge in [-0.2, -0.15) is 4.31 Å². The van der Waals surface area contributed by atoms with Crippen molar-refractivity contribution >= 4 is 16.0 Å². The molecule has 0 fully saturated rings. The molecule has 0 spiro atoms. The zero-order valence-corrected chi connectivity index (χ0v) is 10.4. The molecule has 0 amide bonds. The normalized spacial score (nSPS) is 14.0. The summed E-state index contributed by atoms with van der Waals surface area (Å²) >= 11 is 0. The first-order chi connectivity index (χ1) is 7.37. The van der Waals surface area contributed by atoms with Crippen molar-refractivity contribution in [2.45, 2.75) is 31.9 Å². The maximum atomic E-state index is 11.8. The quantitative estimate of drug-likeness (QED) is 0.629. The zero-order valence-electron chi connectivity index (χ0n) is 9.59. The number of carboxylic acid groups (broad SMARTS) is 1. The van der Waals surface area contributed by atoms with Gasteiger partial charge in [0.15, 0.2) is 5.25 Å². The molecule has 6 nitrogen and oxygen atoms in total. The summed E-state index contributed by atoms with van der Waals surface area (Å²) in [6, 6.07) is 0. The van der Waals surface area contributed by atoms with Gasteiger partial charge in [-0.1, -0.05) is 13.3 Å². The summed E-state index contributed by atoms with van der Waals surface area (Å²) in [5.74, 6) is -1.38. The summed E-state index contributed by atoms with van der Waals surface area (Å²) in [4.78, 5) is 10.7. The Balaban J connectivity index is 4.81. The molecule has 0 aliphatic rings. The third-order valence-corrected chi connectivity index (χ3v) is 4.45. The van der Waals surface area contributed by atoms with E-state index in [1.165, 1.54) is 0 Å². The average Bonchev–Trinajstić information content (AvgIpc) is 2.22. The molecule has 0 bridgehead atoms. The lowest BCUT2D eigenvalue weighted by molar-refractivity contribution is -0.136. The lowest BCUT2D eigenvalue weighted by Gasteiger charge is -2.23. The van der Waals surface area contributed by atoms with Gasteiger partial charge >= 0.3 is 5.97 Å². The molecule has 16 heavy (non-hydrogen) atoms. The molecule has 7 heteroatoms. The molecule has 0 saturated heterocycles. The van der Waals surface area contributed by atoms with Crippen molar-refractivity contribution in [2.75, 3.05) is 19.7 Å². The van der Waals surface area contributed by atoms with Crippen LogP contribution in [0.5, 0.6) is 0 Å². The second kappa shape index (κ2) is 6.82. The van der Waals surface area contributed by atoms with Crippen LogP contribution in [0.1, 0.15) is 26.7 Å². The molecule has 0 rings (SSSR count). The number of hydrogen-bond donors (Lipinski definition) is 2. The standard InChI is InChI=1S/C9H19NO5S/c1-3-4-5-10(6-7-11)16(14,15)8(2)9(12)13/h8,11H,3-7H2,1-2H3,(H,12,13). The van der Waals surface area contributed by atoms with E-state index in [0.717, 1.165) is 17.6 Å². The molecule has 1 atom stereocenters. The average molecular weight is 253 g/mol. The fourth-order valence-electron chi connectivity index (χ4n) is 1.16. The van der Waals surface area contributed by atoms with Gasteiger partial charge in [0.2, 0.25) is 10.0 Å². The first kappa shape index (κ1) is 15.3. The van der Waals surface area contributed by atoms with Gasteiger partial charge in [0.1, 0.15) is 0 Å². The molecule has 0 aliphatic carbocycles. The van der Waals surface area contributed by atoms with Crippen molar-refractivity contribution in [3.8, 4) is 0 Å².